The van der Waals surface area contributed by atoms with E-state index in [9.17, 15) is 8.42 Å². The predicted molar refractivity (Wildman–Crippen MR) is 85.3 cm³/mol. The van der Waals surface area contributed by atoms with E-state index in [2.05, 4.69) is 5.32 Å². The van der Waals surface area contributed by atoms with E-state index in [-0.39, 0.29) is 0 Å². The highest BCUT2D eigenvalue weighted by Gasteiger charge is 2.27. The van der Waals surface area contributed by atoms with Gasteiger partial charge >= 0.3 is 0 Å². The molecule has 0 aliphatic carbocycles. The maximum atomic E-state index is 12.9. The third kappa shape index (κ3) is 2.61. The summed E-state index contributed by atoms with van der Waals surface area (Å²) in [4.78, 5) is 0.338. The number of rotatable bonds is 2. The first kappa shape index (κ1) is 13.9. The van der Waals surface area contributed by atoms with Crippen molar-refractivity contribution >= 4 is 21.4 Å². The summed E-state index contributed by atoms with van der Waals surface area (Å²) in [7, 11) is -3.52. The Morgan fingerprint density at radius 2 is 1.76 bits per heavy atom. The second-order valence-corrected chi connectivity index (χ2v) is 7.05. The molecule has 0 amide bonds. The van der Waals surface area contributed by atoms with Crippen LogP contribution in [0.5, 0.6) is 0 Å². The second-order valence-electron chi connectivity index (χ2n) is 5.19. The minimum Gasteiger partial charge on any atom is -0.383 e. The van der Waals surface area contributed by atoms with Gasteiger partial charge in [-0.25, -0.2) is 8.42 Å². The van der Waals surface area contributed by atoms with Gasteiger partial charge < -0.3 is 5.32 Å². The Labute approximate surface area is 125 Å². The van der Waals surface area contributed by atoms with Crippen molar-refractivity contribution in [3.63, 3.8) is 0 Å². The van der Waals surface area contributed by atoms with E-state index in [1.165, 1.54) is 4.31 Å². The van der Waals surface area contributed by atoms with E-state index in [0.717, 1.165) is 29.9 Å². The molecular weight excluding hydrogens is 284 g/mol. The van der Waals surface area contributed by atoms with E-state index >= 15 is 0 Å². The van der Waals surface area contributed by atoms with Crippen LogP contribution >= 0.6 is 0 Å². The Kier molecular flexibility index (Phi) is 3.59. The van der Waals surface area contributed by atoms with E-state index in [0.29, 0.717) is 11.4 Å². The molecule has 1 aliphatic rings. The highest BCUT2D eigenvalue weighted by atomic mass is 32.2. The molecule has 0 unspecified atom stereocenters. The Morgan fingerprint density at radius 3 is 2.52 bits per heavy atom. The second kappa shape index (κ2) is 5.41. The summed E-state index contributed by atoms with van der Waals surface area (Å²) >= 11 is 0. The van der Waals surface area contributed by atoms with Crippen molar-refractivity contribution in [2.45, 2.75) is 18.2 Å². The first-order valence-electron chi connectivity index (χ1n) is 7.01. The van der Waals surface area contributed by atoms with Crippen molar-refractivity contribution in [3.05, 3.63) is 54.1 Å². The van der Waals surface area contributed by atoms with Crippen LogP contribution in [-0.4, -0.2) is 21.5 Å². The fraction of sp³-hybridized carbons (Fsp3) is 0.250. The van der Waals surface area contributed by atoms with Gasteiger partial charge in [0.2, 0.25) is 0 Å². The van der Waals surface area contributed by atoms with Gasteiger partial charge in [-0.1, -0.05) is 29.8 Å². The molecule has 0 aromatic heterocycles. The Bertz CT molecular complexity index is 739. The van der Waals surface area contributed by atoms with Crippen molar-refractivity contribution < 1.29 is 8.42 Å². The molecule has 1 heterocycles. The van der Waals surface area contributed by atoms with E-state index < -0.39 is 10.0 Å². The monoisotopic (exact) mass is 302 g/mol. The minimum atomic E-state index is -3.52. The molecule has 0 bridgehead atoms. The maximum Gasteiger partial charge on any atom is 0.264 e. The number of anilines is 2. The topological polar surface area (TPSA) is 49.4 Å². The number of aryl methyl sites for hydroxylation is 1. The van der Waals surface area contributed by atoms with Crippen molar-refractivity contribution in [2.75, 3.05) is 22.7 Å². The van der Waals surface area contributed by atoms with Crippen LogP contribution in [0.2, 0.25) is 0 Å². The van der Waals surface area contributed by atoms with Gasteiger partial charge in [-0.3, -0.25) is 4.31 Å². The summed E-state index contributed by atoms with van der Waals surface area (Å²) in [5, 5.41) is 3.28. The number of benzene rings is 2. The third-order valence-electron chi connectivity index (χ3n) is 3.64. The Balaban J connectivity index is 2.08. The summed E-state index contributed by atoms with van der Waals surface area (Å²) in [5.41, 5.74) is 2.63. The first-order chi connectivity index (χ1) is 10.1. The molecule has 3 rings (SSSR count). The van der Waals surface area contributed by atoms with Crippen molar-refractivity contribution in [2.24, 2.45) is 0 Å². The molecule has 0 atom stereocenters. The highest BCUT2D eigenvalue weighted by Crippen LogP contribution is 2.32. The maximum absolute atomic E-state index is 12.9. The summed E-state index contributed by atoms with van der Waals surface area (Å²) in [6, 6.07) is 14.5. The molecule has 0 spiro atoms. The van der Waals surface area contributed by atoms with Gasteiger partial charge in [0.1, 0.15) is 0 Å². The normalized spacial score (nSPS) is 15.0. The fourth-order valence-corrected chi connectivity index (χ4v) is 4.02. The predicted octanol–water partition coefficient (Wildman–Crippen LogP) is 3.01. The van der Waals surface area contributed by atoms with Crippen LogP contribution in [-0.2, 0) is 10.0 Å². The van der Waals surface area contributed by atoms with Gasteiger partial charge in [-0.2, -0.15) is 0 Å². The van der Waals surface area contributed by atoms with Gasteiger partial charge in [0.05, 0.1) is 16.3 Å². The number of fused-ring (bicyclic) bond motifs is 1. The molecule has 21 heavy (non-hydrogen) atoms. The average Bonchev–Trinajstić information content (AvgIpc) is 2.70. The lowest BCUT2D eigenvalue weighted by Gasteiger charge is -2.24. The van der Waals surface area contributed by atoms with Crippen LogP contribution < -0.4 is 9.62 Å². The third-order valence-corrected chi connectivity index (χ3v) is 5.46. The zero-order chi connectivity index (χ0) is 14.9. The highest BCUT2D eigenvalue weighted by molar-refractivity contribution is 7.92. The molecule has 0 radical (unpaired) electrons. The first-order valence-corrected chi connectivity index (χ1v) is 8.45. The van der Waals surface area contributed by atoms with Crippen LogP contribution in [0.1, 0.15) is 12.0 Å². The van der Waals surface area contributed by atoms with E-state index in [1.54, 1.807) is 12.1 Å². The number of para-hydroxylation sites is 2. The van der Waals surface area contributed by atoms with Gasteiger partial charge in [0.15, 0.2) is 0 Å². The molecule has 0 fully saturated rings. The number of nitrogens with zero attached hydrogens (tertiary/aromatic N) is 1. The van der Waals surface area contributed by atoms with Crippen LogP contribution in [0.4, 0.5) is 11.4 Å². The molecule has 1 aliphatic heterocycles. The SMILES string of the molecule is Cc1ccc(S(=O)(=O)N2CCCNc3ccccc32)cc1. The standard InChI is InChI=1S/C16H18N2O2S/c1-13-7-9-14(10-8-13)21(19,20)18-12-4-11-17-15-5-2-3-6-16(15)18/h2-3,5-10,17H,4,11-12H2,1H3. The fourth-order valence-electron chi connectivity index (χ4n) is 2.49. The van der Waals surface area contributed by atoms with Gasteiger partial charge in [-0.15, -0.1) is 0 Å². The lowest BCUT2D eigenvalue weighted by molar-refractivity contribution is 0.590. The largest absolute Gasteiger partial charge is 0.383 e. The zero-order valence-electron chi connectivity index (χ0n) is 11.9. The minimum absolute atomic E-state index is 0.338. The quantitative estimate of drug-likeness (QED) is 0.927. The van der Waals surface area contributed by atoms with E-state index in [4.69, 9.17) is 0 Å². The lowest BCUT2D eigenvalue weighted by Crippen LogP contribution is -2.31. The van der Waals surface area contributed by atoms with Crippen molar-refractivity contribution in [1.82, 2.24) is 0 Å². The van der Waals surface area contributed by atoms with Crippen LogP contribution in [0, 0.1) is 6.92 Å². The number of sulfonamides is 1. The molecule has 110 valence electrons. The van der Waals surface area contributed by atoms with Gasteiger partial charge in [0, 0.05) is 13.1 Å². The number of hydrogen-bond donors (Lipinski definition) is 1. The summed E-state index contributed by atoms with van der Waals surface area (Å²) in [5.74, 6) is 0. The van der Waals surface area contributed by atoms with Crippen LogP contribution in [0.25, 0.3) is 0 Å². The molecule has 0 saturated carbocycles. The number of nitrogens with one attached hydrogen (secondary N) is 1. The molecule has 0 saturated heterocycles. The average molecular weight is 302 g/mol. The molecule has 5 heteroatoms. The zero-order valence-corrected chi connectivity index (χ0v) is 12.7. The summed E-state index contributed by atoms with van der Waals surface area (Å²) in [6.45, 7) is 3.21. The smallest absolute Gasteiger partial charge is 0.264 e. The Morgan fingerprint density at radius 1 is 1.05 bits per heavy atom. The van der Waals surface area contributed by atoms with Gasteiger partial charge in [0.25, 0.3) is 10.0 Å². The molecule has 2 aromatic carbocycles. The molecule has 1 N–H and O–H groups in total. The molecule has 2 aromatic rings. The summed E-state index contributed by atoms with van der Waals surface area (Å²) < 4.78 is 27.3. The van der Waals surface area contributed by atoms with E-state index in [1.807, 2.05) is 43.3 Å². The van der Waals surface area contributed by atoms with Crippen LogP contribution in [0.15, 0.2) is 53.4 Å². The molecule has 4 nitrogen and oxygen atoms in total. The summed E-state index contributed by atoms with van der Waals surface area (Å²) in [6.07, 6.45) is 0.778. The number of hydrogen-bond acceptors (Lipinski definition) is 3. The molecular formula is C16H18N2O2S. The van der Waals surface area contributed by atoms with Gasteiger partial charge in [-0.05, 0) is 37.6 Å². The Hall–Kier alpha value is -2.01. The van der Waals surface area contributed by atoms with Crippen molar-refractivity contribution in [3.8, 4) is 0 Å². The van der Waals surface area contributed by atoms with Crippen LogP contribution in [0.3, 0.4) is 0 Å². The van der Waals surface area contributed by atoms with Crippen molar-refractivity contribution in [1.29, 1.82) is 0 Å². The lowest BCUT2D eigenvalue weighted by atomic mass is 10.2.